The number of methoxy groups -OCH3 is 2. The third-order valence-electron chi connectivity index (χ3n) is 6.21. The zero-order valence-electron chi connectivity index (χ0n) is 22.0. The number of aromatic nitrogens is 3. The fourth-order valence-corrected chi connectivity index (χ4v) is 4.25. The molecule has 0 saturated heterocycles. The smallest absolute Gasteiger partial charge is 0.363 e. The molecule has 1 atom stereocenters. The summed E-state index contributed by atoms with van der Waals surface area (Å²) < 4.78 is 52.0. The standard InChI is InChI=1S/C29H24F2N4O6/c1-38-24-11-18(10-23-28(36)41-27(34-23)19-6-4-3-5-7-19)12-25(39-2)26(24)40-15-29(37,14-35-17-32-16-33-35)21-9-8-20(30)13-22(21)31/h3-13,16-17,37H,14-15H2,1-2H3/b23-10-. The maximum atomic E-state index is 14.8. The van der Waals surface area contributed by atoms with E-state index in [1.165, 1.54) is 37.6 Å². The van der Waals surface area contributed by atoms with Gasteiger partial charge in [-0.25, -0.2) is 28.2 Å². The fourth-order valence-electron chi connectivity index (χ4n) is 4.25. The highest BCUT2D eigenvalue weighted by Crippen LogP contribution is 2.41. The van der Waals surface area contributed by atoms with Gasteiger partial charge in [-0.15, -0.1) is 0 Å². The number of carbonyl (C=O) groups excluding carboxylic acids is 1. The summed E-state index contributed by atoms with van der Waals surface area (Å²) in [6, 6.07) is 15.0. The number of ether oxygens (including phenoxy) is 4. The van der Waals surface area contributed by atoms with Crippen LogP contribution in [-0.2, 0) is 21.7 Å². The van der Waals surface area contributed by atoms with Crippen molar-refractivity contribution in [2.45, 2.75) is 12.1 Å². The van der Waals surface area contributed by atoms with Crippen molar-refractivity contribution in [2.75, 3.05) is 20.8 Å². The average molecular weight is 563 g/mol. The lowest BCUT2D eigenvalue weighted by Crippen LogP contribution is -2.39. The van der Waals surface area contributed by atoms with Gasteiger partial charge in [0.05, 0.1) is 20.8 Å². The van der Waals surface area contributed by atoms with Gasteiger partial charge in [-0.1, -0.05) is 24.3 Å². The normalized spacial score (nSPS) is 15.3. The maximum absolute atomic E-state index is 14.8. The molecule has 0 fully saturated rings. The van der Waals surface area contributed by atoms with Crippen LogP contribution in [0.2, 0.25) is 0 Å². The molecule has 0 aliphatic carbocycles. The number of aliphatic imine (C=N–C) groups is 1. The van der Waals surface area contributed by atoms with Crippen LogP contribution in [0.25, 0.3) is 6.08 Å². The quantitative estimate of drug-likeness (QED) is 0.229. The van der Waals surface area contributed by atoms with Gasteiger partial charge in [0.15, 0.2) is 17.2 Å². The number of halogens is 2. The largest absolute Gasteiger partial charge is 0.493 e. The summed E-state index contributed by atoms with van der Waals surface area (Å²) in [7, 11) is 2.80. The minimum absolute atomic E-state index is 0.0654. The molecule has 0 radical (unpaired) electrons. The predicted octanol–water partition coefficient (Wildman–Crippen LogP) is 3.88. The number of aliphatic hydroxyl groups is 1. The van der Waals surface area contributed by atoms with Crippen LogP contribution < -0.4 is 14.2 Å². The third-order valence-corrected chi connectivity index (χ3v) is 6.21. The van der Waals surface area contributed by atoms with Crippen LogP contribution in [0.3, 0.4) is 0 Å². The lowest BCUT2D eigenvalue weighted by Gasteiger charge is -2.29. The lowest BCUT2D eigenvalue weighted by molar-refractivity contribution is -0.129. The molecule has 1 unspecified atom stereocenters. The summed E-state index contributed by atoms with van der Waals surface area (Å²) >= 11 is 0. The number of hydrogen-bond acceptors (Lipinski definition) is 9. The van der Waals surface area contributed by atoms with Crippen molar-refractivity contribution in [1.29, 1.82) is 0 Å². The van der Waals surface area contributed by atoms with Gasteiger partial charge in [0.25, 0.3) is 0 Å². The van der Waals surface area contributed by atoms with E-state index in [4.69, 9.17) is 18.9 Å². The molecule has 1 aliphatic heterocycles. The molecule has 0 bridgehead atoms. The Labute approximate surface area is 233 Å². The van der Waals surface area contributed by atoms with Crippen LogP contribution in [0.15, 0.2) is 84.0 Å². The summed E-state index contributed by atoms with van der Waals surface area (Å²) in [6.07, 6.45) is 4.10. The highest BCUT2D eigenvalue weighted by Gasteiger charge is 2.35. The van der Waals surface area contributed by atoms with Gasteiger partial charge in [-0.3, -0.25) is 0 Å². The Morgan fingerprint density at radius 1 is 1.05 bits per heavy atom. The Morgan fingerprint density at radius 3 is 2.41 bits per heavy atom. The van der Waals surface area contributed by atoms with Crippen molar-refractivity contribution in [3.63, 3.8) is 0 Å². The van der Waals surface area contributed by atoms with Crippen molar-refractivity contribution in [2.24, 2.45) is 4.99 Å². The van der Waals surface area contributed by atoms with Crippen molar-refractivity contribution in [3.8, 4) is 17.2 Å². The Bertz CT molecular complexity index is 1600. The molecular weight excluding hydrogens is 538 g/mol. The molecule has 10 nitrogen and oxygen atoms in total. The third kappa shape index (κ3) is 5.92. The zero-order valence-corrected chi connectivity index (χ0v) is 22.0. The first-order valence-corrected chi connectivity index (χ1v) is 12.3. The van der Waals surface area contributed by atoms with E-state index >= 15 is 0 Å². The summed E-state index contributed by atoms with van der Waals surface area (Å²) in [6.45, 7) is -0.756. The van der Waals surface area contributed by atoms with Crippen LogP contribution >= 0.6 is 0 Å². The van der Waals surface area contributed by atoms with E-state index in [2.05, 4.69) is 15.1 Å². The van der Waals surface area contributed by atoms with Gasteiger partial charge in [0.2, 0.25) is 11.6 Å². The van der Waals surface area contributed by atoms with E-state index in [9.17, 15) is 18.7 Å². The summed E-state index contributed by atoms with van der Waals surface area (Å²) in [5, 5.41) is 15.6. The summed E-state index contributed by atoms with van der Waals surface area (Å²) in [4.78, 5) is 20.6. The van der Waals surface area contributed by atoms with Gasteiger partial charge in [-0.05, 0) is 42.0 Å². The second-order valence-corrected chi connectivity index (χ2v) is 8.99. The van der Waals surface area contributed by atoms with Crippen molar-refractivity contribution < 1.29 is 37.6 Å². The second-order valence-electron chi connectivity index (χ2n) is 8.99. The molecule has 5 rings (SSSR count). The number of hydrogen-bond donors (Lipinski definition) is 1. The SMILES string of the molecule is COc1cc(/C=C2\N=C(c3ccccc3)OC2=O)cc(OC)c1OCC(O)(Cn1cncn1)c1ccc(F)cc1F. The predicted molar refractivity (Wildman–Crippen MR) is 142 cm³/mol. The number of cyclic esters (lactones) is 1. The molecule has 3 aromatic carbocycles. The minimum Gasteiger partial charge on any atom is -0.493 e. The summed E-state index contributed by atoms with van der Waals surface area (Å²) in [5.41, 5.74) is -1.01. The number of benzene rings is 3. The first-order chi connectivity index (χ1) is 19.8. The van der Waals surface area contributed by atoms with E-state index in [1.807, 2.05) is 6.07 Å². The molecule has 41 heavy (non-hydrogen) atoms. The number of carbonyl (C=O) groups is 1. The van der Waals surface area contributed by atoms with Crippen LogP contribution in [0, 0.1) is 11.6 Å². The molecule has 1 N–H and O–H groups in total. The Morgan fingerprint density at radius 2 is 1.78 bits per heavy atom. The number of esters is 1. The topological polar surface area (TPSA) is 117 Å². The van der Waals surface area contributed by atoms with Gasteiger partial charge in [0.1, 0.15) is 36.5 Å². The summed E-state index contributed by atoms with van der Waals surface area (Å²) in [5.74, 6) is -1.72. The maximum Gasteiger partial charge on any atom is 0.363 e. The molecule has 0 spiro atoms. The molecule has 210 valence electrons. The van der Waals surface area contributed by atoms with Gasteiger partial charge in [0, 0.05) is 17.2 Å². The van der Waals surface area contributed by atoms with Crippen LogP contribution in [-0.4, -0.2) is 52.6 Å². The van der Waals surface area contributed by atoms with Crippen molar-refractivity contribution in [1.82, 2.24) is 14.8 Å². The van der Waals surface area contributed by atoms with E-state index < -0.39 is 29.8 Å². The molecule has 1 aromatic heterocycles. The van der Waals surface area contributed by atoms with Crippen LogP contribution in [0.4, 0.5) is 8.78 Å². The molecular formula is C29H24F2N4O6. The van der Waals surface area contributed by atoms with E-state index in [-0.39, 0.29) is 41.0 Å². The van der Waals surface area contributed by atoms with E-state index in [0.717, 1.165) is 12.1 Å². The Hall–Kier alpha value is -5.10. The molecule has 1 aliphatic rings. The Balaban J connectivity index is 1.46. The van der Waals surface area contributed by atoms with Gasteiger partial charge < -0.3 is 24.1 Å². The van der Waals surface area contributed by atoms with Gasteiger partial charge >= 0.3 is 5.97 Å². The van der Waals surface area contributed by atoms with E-state index in [0.29, 0.717) is 17.2 Å². The van der Waals surface area contributed by atoms with Crippen LogP contribution in [0.5, 0.6) is 17.2 Å². The molecule has 0 amide bonds. The molecule has 4 aromatic rings. The first-order valence-electron chi connectivity index (χ1n) is 12.3. The molecule has 0 saturated carbocycles. The Kier molecular flexibility index (Phi) is 7.74. The minimum atomic E-state index is -2.00. The monoisotopic (exact) mass is 562 g/mol. The van der Waals surface area contributed by atoms with Crippen LogP contribution in [0.1, 0.15) is 16.7 Å². The van der Waals surface area contributed by atoms with Crippen molar-refractivity contribution in [3.05, 3.63) is 107 Å². The molecule has 2 heterocycles. The first kappa shape index (κ1) is 27.5. The lowest BCUT2D eigenvalue weighted by atomic mass is 9.94. The zero-order chi connectivity index (χ0) is 29.0. The van der Waals surface area contributed by atoms with E-state index in [1.54, 1.807) is 36.4 Å². The number of rotatable bonds is 10. The second kappa shape index (κ2) is 11.6. The highest BCUT2D eigenvalue weighted by atomic mass is 19.1. The number of nitrogens with zero attached hydrogens (tertiary/aromatic N) is 4. The fraction of sp³-hybridized carbons (Fsp3) is 0.172. The van der Waals surface area contributed by atoms with Crippen molar-refractivity contribution >= 4 is 17.9 Å². The van der Waals surface area contributed by atoms with Gasteiger partial charge in [-0.2, -0.15) is 5.10 Å². The highest BCUT2D eigenvalue weighted by molar-refractivity contribution is 6.12. The average Bonchev–Trinajstić information content (AvgIpc) is 3.61. The molecule has 12 heteroatoms.